The lowest BCUT2D eigenvalue weighted by Gasteiger charge is -2.25. The zero-order chi connectivity index (χ0) is 21.1. The molecule has 3 fully saturated rings. The fraction of sp³-hybridized carbons (Fsp3) is 0.429. The third kappa shape index (κ3) is 3.04. The van der Waals surface area contributed by atoms with Gasteiger partial charge in [-0.3, -0.25) is 4.79 Å². The van der Waals surface area contributed by atoms with Gasteiger partial charge in [0.2, 0.25) is 5.95 Å². The standard InChI is InChI=1S/C21H20F2N6O2/c22-11-3-4-16(23)12(6-11)17-2-1-5-28(17)21-24-10-29-19(27-21)13(7-25-29)20(30)26-18-14-8-31-9-15(14)18/h3-4,6-7,10,14-15,17-18H,1-2,5,8-9H2,(H,26,30)/t14?,15?,17-,18?/m1/s1. The maximum atomic E-state index is 14.4. The number of anilines is 1. The summed E-state index contributed by atoms with van der Waals surface area (Å²) in [5, 5.41) is 7.24. The lowest BCUT2D eigenvalue weighted by Crippen LogP contribution is -2.30. The smallest absolute Gasteiger partial charge is 0.257 e. The van der Waals surface area contributed by atoms with E-state index in [9.17, 15) is 13.6 Å². The summed E-state index contributed by atoms with van der Waals surface area (Å²) in [5.41, 5.74) is 1.03. The van der Waals surface area contributed by atoms with E-state index in [-0.39, 0.29) is 23.6 Å². The second-order valence-corrected chi connectivity index (χ2v) is 8.36. The molecule has 1 N–H and O–H groups in total. The Morgan fingerprint density at radius 2 is 2.06 bits per heavy atom. The van der Waals surface area contributed by atoms with Crippen LogP contribution in [0.25, 0.3) is 5.65 Å². The molecule has 8 nitrogen and oxygen atoms in total. The average Bonchev–Trinajstić information content (AvgIpc) is 3.27. The highest BCUT2D eigenvalue weighted by atomic mass is 19.1. The van der Waals surface area contributed by atoms with Crippen molar-refractivity contribution in [2.75, 3.05) is 24.7 Å². The molecule has 6 rings (SSSR count). The number of ether oxygens (including phenoxy) is 1. The van der Waals surface area contributed by atoms with Gasteiger partial charge in [0.05, 0.1) is 25.5 Å². The molecule has 160 valence electrons. The number of amides is 1. The molecule has 10 heteroatoms. The van der Waals surface area contributed by atoms with E-state index in [0.717, 1.165) is 18.6 Å². The number of hydrogen-bond acceptors (Lipinski definition) is 6. The second-order valence-electron chi connectivity index (χ2n) is 8.36. The molecule has 3 atom stereocenters. The minimum absolute atomic E-state index is 0.136. The number of benzene rings is 1. The first-order chi connectivity index (χ1) is 15.1. The van der Waals surface area contributed by atoms with Crippen molar-refractivity contribution in [1.29, 1.82) is 0 Å². The average molecular weight is 426 g/mol. The lowest BCUT2D eigenvalue weighted by molar-refractivity contribution is 0.0930. The number of halogens is 2. The van der Waals surface area contributed by atoms with Crippen LogP contribution in [0.3, 0.4) is 0 Å². The number of fused-ring (bicyclic) bond motifs is 2. The monoisotopic (exact) mass is 426 g/mol. The van der Waals surface area contributed by atoms with Crippen molar-refractivity contribution in [3.63, 3.8) is 0 Å². The van der Waals surface area contributed by atoms with Crippen LogP contribution < -0.4 is 10.2 Å². The number of aromatic nitrogens is 4. The molecule has 3 aliphatic rings. The van der Waals surface area contributed by atoms with E-state index in [4.69, 9.17) is 4.74 Å². The van der Waals surface area contributed by atoms with Crippen LogP contribution in [0, 0.1) is 23.5 Å². The molecule has 1 saturated carbocycles. The molecule has 0 bridgehead atoms. The Bertz CT molecular complexity index is 1170. The van der Waals surface area contributed by atoms with Crippen molar-refractivity contribution in [3.8, 4) is 0 Å². The van der Waals surface area contributed by atoms with Crippen molar-refractivity contribution in [2.45, 2.75) is 24.9 Å². The molecule has 2 unspecified atom stereocenters. The summed E-state index contributed by atoms with van der Waals surface area (Å²) < 4.78 is 35.0. The van der Waals surface area contributed by atoms with Gasteiger partial charge in [0.1, 0.15) is 23.5 Å². The third-order valence-electron chi connectivity index (χ3n) is 6.58. The van der Waals surface area contributed by atoms with Crippen LogP contribution in [0.1, 0.15) is 34.8 Å². The van der Waals surface area contributed by atoms with Gasteiger partial charge in [0, 0.05) is 30.0 Å². The van der Waals surface area contributed by atoms with Crippen LogP contribution in [0.4, 0.5) is 14.7 Å². The van der Waals surface area contributed by atoms with Gasteiger partial charge in [-0.15, -0.1) is 0 Å². The first-order valence-corrected chi connectivity index (χ1v) is 10.4. The fourth-order valence-corrected chi connectivity index (χ4v) is 4.86. The molecule has 2 aliphatic heterocycles. The second kappa shape index (κ2) is 6.94. The topological polar surface area (TPSA) is 84.6 Å². The summed E-state index contributed by atoms with van der Waals surface area (Å²) in [6.07, 6.45) is 4.43. The maximum absolute atomic E-state index is 14.4. The molecule has 3 aromatic rings. The van der Waals surface area contributed by atoms with Crippen LogP contribution in [-0.4, -0.2) is 51.3 Å². The van der Waals surface area contributed by atoms with E-state index in [1.165, 1.54) is 23.1 Å². The molecule has 2 saturated heterocycles. The molecular formula is C21H20F2N6O2. The summed E-state index contributed by atoms with van der Waals surface area (Å²) in [6, 6.07) is 3.24. The van der Waals surface area contributed by atoms with Crippen LogP contribution in [0.2, 0.25) is 0 Å². The maximum Gasteiger partial charge on any atom is 0.257 e. The Morgan fingerprint density at radius 3 is 2.90 bits per heavy atom. The van der Waals surface area contributed by atoms with Gasteiger partial charge in [-0.25, -0.2) is 18.3 Å². The van der Waals surface area contributed by atoms with Gasteiger partial charge in [-0.05, 0) is 31.0 Å². The minimum Gasteiger partial charge on any atom is -0.381 e. The highest BCUT2D eigenvalue weighted by Crippen LogP contribution is 2.44. The van der Waals surface area contributed by atoms with Crippen LogP contribution >= 0.6 is 0 Å². The number of hydrogen-bond donors (Lipinski definition) is 1. The van der Waals surface area contributed by atoms with Crippen LogP contribution in [0.15, 0.2) is 30.7 Å². The summed E-state index contributed by atoms with van der Waals surface area (Å²) in [6.45, 7) is 1.98. The molecule has 2 aromatic heterocycles. The van der Waals surface area contributed by atoms with E-state index in [2.05, 4.69) is 20.4 Å². The van der Waals surface area contributed by atoms with Gasteiger partial charge < -0.3 is 15.0 Å². The molecule has 1 amide bonds. The molecule has 31 heavy (non-hydrogen) atoms. The molecule has 1 aliphatic carbocycles. The molecule has 0 radical (unpaired) electrons. The molecule has 4 heterocycles. The summed E-state index contributed by atoms with van der Waals surface area (Å²) in [7, 11) is 0. The Kier molecular flexibility index (Phi) is 4.17. The van der Waals surface area contributed by atoms with Crippen molar-refractivity contribution < 1.29 is 18.3 Å². The van der Waals surface area contributed by atoms with Gasteiger partial charge >= 0.3 is 0 Å². The quantitative estimate of drug-likeness (QED) is 0.688. The highest BCUT2D eigenvalue weighted by Gasteiger charge is 2.54. The van der Waals surface area contributed by atoms with E-state index < -0.39 is 11.6 Å². The van der Waals surface area contributed by atoms with E-state index in [1.54, 1.807) is 0 Å². The summed E-state index contributed by atoms with van der Waals surface area (Å²) in [5.74, 6) is -0.0181. The SMILES string of the molecule is O=C(NC1C2COCC21)c1cnn2cnc(N3CCC[C@@H]3c3cc(F)ccc3F)nc12. The normalized spacial score (nSPS) is 27.0. The highest BCUT2D eigenvalue weighted by molar-refractivity contribution is 6.00. The van der Waals surface area contributed by atoms with E-state index in [1.807, 2.05) is 4.90 Å². The van der Waals surface area contributed by atoms with Crippen molar-refractivity contribution in [2.24, 2.45) is 11.8 Å². The third-order valence-corrected chi connectivity index (χ3v) is 6.58. The van der Waals surface area contributed by atoms with Gasteiger partial charge in [0.15, 0.2) is 5.65 Å². The largest absolute Gasteiger partial charge is 0.381 e. The van der Waals surface area contributed by atoms with Crippen LogP contribution in [0.5, 0.6) is 0 Å². The zero-order valence-corrected chi connectivity index (χ0v) is 16.5. The minimum atomic E-state index is -0.482. The Labute approximate surface area is 176 Å². The predicted octanol–water partition coefficient (Wildman–Crippen LogP) is 2.12. The summed E-state index contributed by atoms with van der Waals surface area (Å²) in [4.78, 5) is 23.6. The first-order valence-electron chi connectivity index (χ1n) is 10.4. The predicted molar refractivity (Wildman–Crippen MR) is 106 cm³/mol. The number of carbonyl (C=O) groups excluding carboxylic acids is 1. The van der Waals surface area contributed by atoms with Crippen LogP contribution in [-0.2, 0) is 4.74 Å². The number of nitrogens with one attached hydrogen (secondary N) is 1. The first kappa shape index (κ1) is 18.6. The Morgan fingerprint density at radius 1 is 1.23 bits per heavy atom. The van der Waals surface area contributed by atoms with E-state index in [0.29, 0.717) is 55.2 Å². The van der Waals surface area contributed by atoms with E-state index >= 15 is 0 Å². The molecule has 0 spiro atoms. The number of carbonyl (C=O) groups is 1. The number of nitrogens with zero attached hydrogens (tertiary/aromatic N) is 5. The molecular weight excluding hydrogens is 406 g/mol. The zero-order valence-electron chi connectivity index (χ0n) is 16.5. The lowest BCUT2D eigenvalue weighted by atomic mass is 10.0. The Balaban J connectivity index is 1.30. The Hall–Kier alpha value is -3.14. The van der Waals surface area contributed by atoms with Crippen molar-refractivity contribution in [3.05, 3.63) is 53.5 Å². The summed E-state index contributed by atoms with van der Waals surface area (Å²) >= 11 is 0. The van der Waals surface area contributed by atoms with Gasteiger partial charge in [-0.2, -0.15) is 10.1 Å². The van der Waals surface area contributed by atoms with Gasteiger partial charge in [-0.1, -0.05) is 0 Å². The fourth-order valence-electron chi connectivity index (χ4n) is 4.86. The van der Waals surface area contributed by atoms with Crippen molar-refractivity contribution >= 4 is 17.5 Å². The number of rotatable bonds is 4. The van der Waals surface area contributed by atoms with Crippen molar-refractivity contribution in [1.82, 2.24) is 24.9 Å². The molecule has 1 aromatic carbocycles. The van der Waals surface area contributed by atoms with Gasteiger partial charge in [0.25, 0.3) is 5.91 Å².